The van der Waals surface area contributed by atoms with Crippen molar-refractivity contribution in [1.29, 1.82) is 0 Å². The predicted octanol–water partition coefficient (Wildman–Crippen LogP) is 4.02. The molecule has 0 aliphatic heterocycles. The van der Waals surface area contributed by atoms with Gasteiger partial charge >= 0.3 is 0 Å². The number of aromatic nitrogens is 1. The number of nitrogens with two attached hydrogens (primary N) is 1. The molecule has 0 spiro atoms. The Morgan fingerprint density at radius 2 is 1.81 bits per heavy atom. The van der Waals surface area contributed by atoms with E-state index in [9.17, 15) is 4.79 Å². The number of pyridine rings is 1. The average molecular weight is 347 g/mol. The third kappa shape index (κ3) is 4.83. The molecule has 1 atom stereocenters. The van der Waals surface area contributed by atoms with E-state index >= 15 is 0 Å². The van der Waals surface area contributed by atoms with E-state index in [4.69, 9.17) is 10.5 Å². The number of nitrogens with one attached hydrogen (secondary N) is 1. The summed E-state index contributed by atoms with van der Waals surface area (Å²) >= 11 is 0. The van der Waals surface area contributed by atoms with Gasteiger partial charge < -0.3 is 15.8 Å². The first-order chi connectivity index (χ1) is 12.6. The van der Waals surface area contributed by atoms with Crippen molar-refractivity contribution in [1.82, 2.24) is 4.98 Å². The van der Waals surface area contributed by atoms with Gasteiger partial charge in [0, 0.05) is 24.0 Å². The van der Waals surface area contributed by atoms with E-state index in [1.165, 1.54) is 11.8 Å². The van der Waals surface area contributed by atoms with Crippen molar-refractivity contribution in [2.24, 2.45) is 5.73 Å². The SMILES string of the molecule is CC(Cc1ccc(Oc2ccc(C(N)=O)cn2)cc1)Nc1ccccc1. The third-order valence-corrected chi connectivity index (χ3v) is 3.90. The number of benzene rings is 2. The Balaban J connectivity index is 1.57. The minimum absolute atomic E-state index is 0.312. The van der Waals surface area contributed by atoms with Gasteiger partial charge in [-0.25, -0.2) is 4.98 Å². The van der Waals surface area contributed by atoms with Crippen molar-refractivity contribution in [2.45, 2.75) is 19.4 Å². The number of rotatable bonds is 7. The summed E-state index contributed by atoms with van der Waals surface area (Å²) in [4.78, 5) is 15.1. The van der Waals surface area contributed by atoms with E-state index in [0.29, 0.717) is 23.2 Å². The smallest absolute Gasteiger partial charge is 0.250 e. The average Bonchev–Trinajstić information content (AvgIpc) is 2.64. The summed E-state index contributed by atoms with van der Waals surface area (Å²) < 4.78 is 5.69. The predicted molar refractivity (Wildman–Crippen MR) is 103 cm³/mol. The van der Waals surface area contributed by atoms with E-state index in [2.05, 4.69) is 29.4 Å². The van der Waals surface area contributed by atoms with E-state index < -0.39 is 5.91 Å². The summed E-state index contributed by atoms with van der Waals surface area (Å²) in [6, 6.07) is 21.6. The first-order valence-electron chi connectivity index (χ1n) is 8.44. The van der Waals surface area contributed by atoms with Crippen molar-refractivity contribution in [2.75, 3.05) is 5.32 Å². The van der Waals surface area contributed by atoms with Gasteiger partial charge in [-0.1, -0.05) is 30.3 Å². The summed E-state index contributed by atoms with van der Waals surface area (Å²) in [7, 11) is 0. The van der Waals surface area contributed by atoms with Gasteiger partial charge in [0.15, 0.2) is 0 Å². The minimum Gasteiger partial charge on any atom is -0.439 e. The summed E-state index contributed by atoms with van der Waals surface area (Å²) in [5.74, 6) is 0.602. The highest BCUT2D eigenvalue weighted by atomic mass is 16.5. The van der Waals surface area contributed by atoms with Crippen molar-refractivity contribution < 1.29 is 9.53 Å². The molecule has 0 bridgehead atoms. The molecule has 132 valence electrons. The molecule has 0 aliphatic carbocycles. The number of carbonyl (C=O) groups excluding carboxylic acids is 1. The molecule has 0 saturated heterocycles. The van der Waals surface area contributed by atoms with Crippen LogP contribution in [0.25, 0.3) is 0 Å². The number of anilines is 1. The van der Waals surface area contributed by atoms with Gasteiger partial charge in [0.25, 0.3) is 0 Å². The molecule has 1 amide bonds. The van der Waals surface area contributed by atoms with Crippen LogP contribution in [-0.2, 0) is 6.42 Å². The largest absolute Gasteiger partial charge is 0.439 e. The first kappa shape index (κ1) is 17.5. The van der Waals surface area contributed by atoms with Crippen LogP contribution < -0.4 is 15.8 Å². The van der Waals surface area contributed by atoms with Crippen molar-refractivity contribution >= 4 is 11.6 Å². The number of primary amides is 1. The Bertz CT molecular complexity index is 847. The van der Waals surface area contributed by atoms with Crippen LogP contribution >= 0.6 is 0 Å². The Kier molecular flexibility index (Phi) is 5.49. The molecule has 1 heterocycles. The van der Waals surface area contributed by atoms with Crippen molar-refractivity contribution in [3.8, 4) is 11.6 Å². The van der Waals surface area contributed by atoms with Crippen LogP contribution in [0, 0.1) is 0 Å². The molecule has 1 unspecified atom stereocenters. The summed E-state index contributed by atoms with van der Waals surface area (Å²) in [5, 5.41) is 3.48. The lowest BCUT2D eigenvalue weighted by Crippen LogP contribution is -2.17. The van der Waals surface area contributed by atoms with E-state index in [1.54, 1.807) is 12.1 Å². The maximum atomic E-state index is 11.0. The normalized spacial score (nSPS) is 11.6. The van der Waals surface area contributed by atoms with Crippen LogP contribution in [0.4, 0.5) is 5.69 Å². The lowest BCUT2D eigenvalue weighted by molar-refractivity contribution is 0.1000. The molecule has 5 nitrogen and oxygen atoms in total. The molecule has 26 heavy (non-hydrogen) atoms. The maximum Gasteiger partial charge on any atom is 0.250 e. The monoisotopic (exact) mass is 347 g/mol. The molecule has 2 aromatic carbocycles. The maximum absolute atomic E-state index is 11.0. The van der Waals surface area contributed by atoms with Crippen molar-refractivity contribution in [3.63, 3.8) is 0 Å². The summed E-state index contributed by atoms with van der Waals surface area (Å²) in [5.41, 5.74) is 7.88. The summed E-state index contributed by atoms with van der Waals surface area (Å²) in [6.45, 7) is 2.15. The lowest BCUT2D eigenvalue weighted by Gasteiger charge is -2.15. The molecule has 0 saturated carbocycles. The topological polar surface area (TPSA) is 77.2 Å². The Labute approximate surface area is 152 Å². The van der Waals surface area contributed by atoms with Gasteiger partial charge in [-0.05, 0) is 49.2 Å². The van der Waals surface area contributed by atoms with E-state index in [0.717, 1.165) is 12.1 Å². The van der Waals surface area contributed by atoms with Gasteiger partial charge in [0.1, 0.15) is 5.75 Å². The van der Waals surface area contributed by atoms with E-state index in [1.807, 2.05) is 42.5 Å². The number of amides is 1. The zero-order chi connectivity index (χ0) is 18.4. The number of nitrogens with zero attached hydrogens (tertiary/aromatic N) is 1. The van der Waals surface area contributed by atoms with Gasteiger partial charge in [0.2, 0.25) is 11.8 Å². The number of carbonyl (C=O) groups is 1. The second kappa shape index (κ2) is 8.16. The Morgan fingerprint density at radius 1 is 1.08 bits per heavy atom. The molecule has 0 aliphatic rings. The zero-order valence-electron chi connectivity index (χ0n) is 14.6. The fourth-order valence-corrected chi connectivity index (χ4v) is 2.62. The molecule has 1 aromatic heterocycles. The second-order valence-corrected chi connectivity index (χ2v) is 6.11. The lowest BCUT2D eigenvalue weighted by atomic mass is 10.1. The van der Waals surface area contributed by atoms with Crippen LogP contribution in [0.2, 0.25) is 0 Å². The number of hydrogen-bond acceptors (Lipinski definition) is 4. The number of hydrogen-bond donors (Lipinski definition) is 2. The quantitative estimate of drug-likeness (QED) is 0.677. The Hall–Kier alpha value is -3.34. The van der Waals surface area contributed by atoms with Crippen LogP contribution in [0.3, 0.4) is 0 Å². The van der Waals surface area contributed by atoms with Gasteiger partial charge in [0.05, 0.1) is 5.56 Å². The van der Waals surface area contributed by atoms with Crippen LogP contribution in [0.5, 0.6) is 11.6 Å². The number of ether oxygens (including phenoxy) is 1. The zero-order valence-corrected chi connectivity index (χ0v) is 14.6. The van der Waals surface area contributed by atoms with Crippen LogP contribution in [0.1, 0.15) is 22.8 Å². The van der Waals surface area contributed by atoms with E-state index in [-0.39, 0.29) is 0 Å². The fourth-order valence-electron chi connectivity index (χ4n) is 2.62. The fraction of sp³-hybridized carbons (Fsp3) is 0.143. The minimum atomic E-state index is -0.508. The van der Waals surface area contributed by atoms with Crippen LogP contribution in [-0.4, -0.2) is 16.9 Å². The Morgan fingerprint density at radius 3 is 2.42 bits per heavy atom. The second-order valence-electron chi connectivity index (χ2n) is 6.11. The molecule has 3 rings (SSSR count). The summed E-state index contributed by atoms with van der Waals surface area (Å²) in [6.07, 6.45) is 2.31. The van der Waals surface area contributed by atoms with Gasteiger partial charge in [-0.3, -0.25) is 4.79 Å². The highest BCUT2D eigenvalue weighted by molar-refractivity contribution is 5.92. The van der Waals surface area contributed by atoms with Crippen LogP contribution in [0.15, 0.2) is 72.9 Å². The molecular formula is C21H21N3O2. The van der Waals surface area contributed by atoms with Gasteiger partial charge in [-0.2, -0.15) is 0 Å². The molecule has 5 heteroatoms. The molecule has 0 radical (unpaired) electrons. The highest BCUT2D eigenvalue weighted by Crippen LogP contribution is 2.21. The first-order valence-corrected chi connectivity index (χ1v) is 8.44. The van der Waals surface area contributed by atoms with Crippen molar-refractivity contribution in [3.05, 3.63) is 84.1 Å². The van der Waals surface area contributed by atoms with Gasteiger partial charge in [-0.15, -0.1) is 0 Å². The molecule has 3 N–H and O–H groups in total. The highest BCUT2D eigenvalue weighted by Gasteiger charge is 2.06. The molecular weight excluding hydrogens is 326 g/mol. The molecule has 0 fully saturated rings. The standard InChI is InChI=1S/C21H21N3O2/c1-15(24-18-5-3-2-4-6-18)13-16-7-10-19(11-8-16)26-20-12-9-17(14-23-20)21(22)25/h2-12,14-15,24H,13H2,1H3,(H2,22,25). The molecule has 3 aromatic rings. The number of para-hydroxylation sites is 1. The third-order valence-electron chi connectivity index (χ3n) is 3.90.